The van der Waals surface area contributed by atoms with Crippen molar-refractivity contribution in [3.05, 3.63) is 42.4 Å². The van der Waals surface area contributed by atoms with Gasteiger partial charge < -0.3 is 9.64 Å². The molecule has 0 saturated carbocycles. The minimum Gasteiger partial charge on any atom is -0.472 e. The molecule has 2 aromatic heterocycles. The normalized spacial score (nSPS) is 18.0. The van der Waals surface area contributed by atoms with Gasteiger partial charge in [0.05, 0.1) is 12.7 Å². The number of likely N-dealkylation sites (tertiary alicyclic amines) is 1. The number of carbonyl (C=O) groups is 1. The molecular weight excluding hydrogens is 282 g/mol. The van der Waals surface area contributed by atoms with Crippen molar-refractivity contribution in [3.8, 4) is 5.88 Å². The van der Waals surface area contributed by atoms with Crippen molar-refractivity contribution in [1.29, 1.82) is 0 Å². The highest BCUT2D eigenvalue weighted by atomic mass is 16.5. The Morgan fingerprint density at radius 2 is 2.23 bits per heavy atom. The van der Waals surface area contributed by atoms with E-state index in [4.69, 9.17) is 4.74 Å². The molecule has 1 saturated heterocycles. The zero-order valence-corrected chi connectivity index (χ0v) is 12.3. The van der Waals surface area contributed by atoms with Gasteiger partial charge in [-0.15, -0.1) is 0 Å². The van der Waals surface area contributed by atoms with E-state index in [1.165, 1.54) is 12.4 Å². The third-order valence-electron chi connectivity index (χ3n) is 3.49. The first-order valence-corrected chi connectivity index (χ1v) is 7.24. The summed E-state index contributed by atoms with van der Waals surface area (Å²) < 4.78 is 5.87. The Kier molecular flexibility index (Phi) is 4.22. The molecule has 1 aliphatic rings. The number of ether oxygens (including phenoxy) is 1. The van der Waals surface area contributed by atoms with Gasteiger partial charge in [0, 0.05) is 31.2 Å². The standard InChI is InChI=1S/C15H17N5O2/c1-11-17-5-4-14(19-11)22-12-3-2-8-20(10-12)15(21)13-9-16-6-7-18-13/h4-7,9,12H,2-3,8,10H2,1H3. The number of amides is 1. The first-order chi connectivity index (χ1) is 10.7. The third kappa shape index (κ3) is 3.36. The second-order valence-corrected chi connectivity index (χ2v) is 5.17. The number of aryl methyl sites for hydroxylation is 1. The first kappa shape index (κ1) is 14.4. The van der Waals surface area contributed by atoms with Gasteiger partial charge in [-0.2, -0.15) is 4.98 Å². The summed E-state index contributed by atoms with van der Waals surface area (Å²) in [5.74, 6) is 1.10. The van der Waals surface area contributed by atoms with Crippen LogP contribution in [0.15, 0.2) is 30.9 Å². The highest BCUT2D eigenvalue weighted by Gasteiger charge is 2.26. The van der Waals surface area contributed by atoms with Crippen LogP contribution in [-0.2, 0) is 0 Å². The van der Waals surface area contributed by atoms with E-state index in [9.17, 15) is 4.79 Å². The minimum absolute atomic E-state index is 0.0660. The fourth-order valence-electron chi connectivity index (χ4n) is 2.46. The van der Waals surface area contributed by atoms with E-state index >= 15 is 0 Å². The molecule has 114 valence electrons. The van der Waals surface area contributed by atoms with Crippen LogP contribution in [0.5, 0.6) is 5.88 Å². The molecule has 1 aliphatic heterocycles. The lowest BCUT2D eigenvalue weighted by molar-refractivity contribution is 0.0521. The van der Waals surface area contributed by atoms with E-state index in [0.29, 0.717) is 30.5 Å². The molecule has 0 aromatic carbocycles. The quantitative estimate of drug-likeness (QED) is 0.848. The topological polar surface area (TPSA) is 81.1 Å². The number of rotatable bonds is 3. The van der Waals surface area contributed by atoms with Crippen molar-refractivity contribution < 1.29 is 9.53 Å². The molecule has 3 rings (SSSR count). The average molecular weight is 299 g/mol. The Balaban J connectivity index is 1.65. The van der Waals surface area contributed by atoms with Gasteiger partial charge >= 0.3 is 0 Å². The number of hydrogen-bond donors (Lipinski definition) is 0. The number of hydrogen-bond acceptors (Lipinski definition) is 6. The lowest BCUT2D eigenvalue weighted by atomic mass is 10.1. The number of aromatic nitrogens is 4. The largest absolute Gasteiger partial charge is 0.472 e. The van der Waals surface area contributed by atoms with E-state index in [-0.39, 0.29) is 12.0 Å². The number of nitrogens with zero attached hydrogens (tertiary/aromatic N) is 5. The number of carbonyl (C=O) groups excluding carboxylic acids is 1. The second-order valence-electron chi connectivity index (χ2n) is 5.17. The number of piperidine rings is 1. The molecule has 0 aliphatic carbocycles. The molecule has 2 aromatic rings. The van der Waals surface area contributed by atoms with E-state index in [1.54, 1.807) is 23.4 Å². The summed E-state index contributed by atoms with van der Waals surface area (Å²) in [7, 11) is 0. The monoisotopic (exact) mass is 299 g/mol. The molecule has 1 fully saturated rings. The molecule has 22 heavy (non-hydrogen) atoms. The van der Waals surface area contributed by atoms with Gasteiger partial charge in [-0.25, -0.2) is 9.97 Å². The van der Waals surface area contributed by atoms with Crippen LogP contribution in [0.2, 0.25) is 0 Å². The summed E-state index contributed by atoms with van der Waals surface area (Å²) in [5, 5.41) is 0. The summed E-state index contributed by atoms with van der Waals surface area (Å²) in [6, 6.07) is 1.73. The van der Waals surface area contributed by atoms with Crippen molar-refractivity contribution in [2.75, 3.05) is 13.1 Å². The van der Waals surface area contributed by atoms with Gasteiger partial charge in [0.2, 0.25) is 5.88 Å². The Morgan fingerprint density at radius 1 is 1.32 bits per heavy atom. The predicted molar refractivity (Wildman–Crippen MR) is 78.4 cm³/mol. The maximum atomic E-state index is 12.4. The zero-order valence-electron chi connectivity index (χ0n) is 12.3. The van der Waals surface area contributed by atoms with E-state index in [2.05, 4.69) is 19.9 Å². The smallest absolute Gasteiger partial charge is 0.274 e. The summed E-state index contributed by atoms with van der Waals surface area (Å²) in [4.78, 5) is 30.4. The van der Waals surface area contributed by atoms with Crippen molar-refractivity contribution >= 4 is 5.91 Å². The zero-order chi connectivity index (χ0) is 15.4. The van der Waals surface area contributed by atoms with Crippen molar-refractivity contribution in [3.63, 3.8) is 0 Å². The lowest BCUT2D eigenvalue weighted by Crippen LogP contribution is -2.44. The highest BCUT2D eigenvalue weighted by Crippen LogP contribution is 2.17. The molecule has 1 amide bonds. The Hall–Kier alpha value is -2.57. The van der Waals surface area contributed by atoms with Crippen LogP contribution in [0, 0.1) is 6.92 Å². The lowest BCUT2D eigenvalue weighted by Gasteiger charge is -2.32. The van der Waals surface area contributed by atoms with Crippen molar-refractivity contribution in [2.24, 2.45) is 0 Å². The Bertz CT molecular complexity index is 649. The van der Waals surface area contributed by atoms with Crippen LogP contribution >= 0.6 is 0 Å². The Labute approximate surface area is 128 Å². The molecule has 0 bridgehead atoms. The second kappa shape index (κ2) is 6.46. The molecule has 0 N–H and O–H groups in total. The fraction of sp³-hybridized carbons (Fsp3) is 0.400. The fourth-order valence-corrected chi connectivity index (χ4v) is 2.46. The van der Waals surface area contributed by atoms with Crippen LogP contribution in [0.25, 0.3) is 0 Å². The van der Waals surface area contributed by atoms with E-state index in [0.717, 1.165) is 12.8 Å². The van der Waals surface area contributed by atoms with Crippen LogP contribution in [0.3, 0.4) is 0 Å². The van der Waals surface area contributed by atoms with Crippen molar-refractivity contribution in [2.45, 2.75) is 25.9 Å². The summed E-state index contributed by atoms with van der Waals surface area (Å²) in [6.45, 7) is 3.05. The summed E-state index contributed by atoms with van der Waals surface area (Å²) >= 11 is 0. The van der Waals surface area contributed by atoms with Crippen LogP contribution in [0.4, 0.5) is 0 Å². The van der Waals surface area contributed by atoms with Gasteiger partial charge in [-0.1, -0.05) is 0 Å². The maximum absolute atomic E-state index is 12.4. The minimum atomic E-state index is -0.111. The van der Waals surface area contributed by atoms with Crippen LogP contribution in [-0.4, -0.2) is 49.9 Å². The predicted octanol–water partition coefficient (Wildman–Crippen LogP) is 1.26. The van der Waals surface area contributed by atoms with Crippen LogP contribution in [0.1, 0.15) is 29.2 Å². The molecular formula is C15H17N5O2. The summed E-state index contributed by atoms with van der Waals surface area (Å²) in [6.07, 6.45) is 7.95. The summed E-state index contributed by atoms with van der Waals surface area (Å²) in [5.41, 5.74) is 0.362. The molecule has 1 unspecified atom stereocenters. The van der Waals surface area contributed by atoms with Gasteiger partial charge in [0.1, 0.15) is 17.6 Å². The van der Waals surface area contributed by atoms with E-state index in [1.807, 2.05) is 6.92 Å². The average Bonchev–Trinajstić information content (AvgIpc) is 2.55. The molecule has 3 heterocycles. The van der Waals surface area contributed by atoms with Gasteiger partial charge in [0.15, 0.2) is 0 Å². The molecule has 0 spiro atoms. The van der Waals surface area contributed by atoms with Gasteiger partial charge in [-0.05, 0) is 19.8 Å². The van der Waals surface area contributed by atoms with Crippen molar-refractivity contribution in [1.82, 2.24) is 24.8 Å². The highest BCUT2D eigenvalue weighted by molar-refractivity contribution is 5.92. The van der Waals surface area contributed by atoms with E-state index < -0.39 is 0 Å². The molecule has 7 heteroatoms. The molecule has 0 radical (unpaired) electrons. The van der Waals surface area contributed by atoms with Gasteiger partial charge in [0.25, 0.3) is 5.91 Å². The third-order valence-corrected chi connectivity index (χ3v) is 3.49. The van der Waals surface area contributed by atoms with Gasteiger partial charge in [-0.3, -0.25) is 9.78 Å². The van der Waals surface area contributed by atoms with Crippen LogP contribution < -0.4 is 4.74 Å². The maximum Gasteiger partial charge on any atom is 0.274 e. The molecule has 7 nitrogen and oxygen atoms in total. The Morgan fingerprint density at radius 3 is 3.00 bits per heavy atom. The SMILES string of the molecule is Cc1nccc(OC2CCCN(C(=O)c3cnccn3)C2)n1. The molecule has 1 atom stereocenters. The first-order valence-electron chi connectivity index (χ1n) is 7.24.